The van der Waals surface area contributed by atoms with Crippen LogP contribution in [0.3, 0.4) is 0 Å². The second-order valence-electron chi connectivity index (χ2n) is 3.83. The summed E-state index contributed by atoms with van der Waals surface area (Å²) in [5, 5.41) is 0. The van der Waals surface area contributed by atoms with Crippen molar-refractivity contribution in [3.05, 3.63) is 72.2 Å². The molecule has 1 heterocycles. The van der Waals surface area contributed by atoms with E-state index in [4.69, 9.17) is 9.15 Å². The molecule has 0 fully saturated rings. The van der Waals surface area contributed by atoms with Gasteiger partial charge in [-0.25, -0.2) is 0 Å². The van der Waals surface area contributed by atoms with E-state index in [1.165, 1.54) is 6.08 Å². The number of allylic oxidation sites excluding steroid dienone is 3. The molecule has 0 unspecified atom stereocenters. The van der Waals surface area contributed by atoms with Gasteiger partial charge in [-0.3, -0.25) is 4.79 Å². The molecule has 96 valence electrons. The molecule has 3 nitrogen and oxygen atoms in total. The molecule has 0 N–H and O–H groups in total. The van der Waals surface area contributed by atoms with Crippen molar-refractivity contribution in [3.8, 4) is 5.75 Å². The summed E-state index contributed by atoms with van der Waals surface area (Å²) in [5.74, 6) is 1.35. The van der Waals surface area contributed by atoms with Gasteiger partial charge in [-0.1, -0.05) is 24.3 Å². The van der Waals surface area contributed by atoms with Gasteiger partial charge >= 0.3 is 0 Å². The second kappa shape index (κ2) is 6.40. The van der Waals surface area contributed by atoms with Crippen molar-refractivity contribution >= 4 is 11.9 Å². The topological polar surface area (TPSA) is 39.4 Å². The van der Waals surface area contributed by atoms with Crippen LogP contribution in [-0.2, 0) is 0 Å². The van der Waals surface area contributed by atoms with E-state index < -0.39 is 0 Å². The van der Waals surface area contributed by atoms with Gasteiger partial charge in [0.05, 0.1) is 13.4 Å². The number of rotatable bonds is 5. The lowest BCUT2D eigenvalue weighted by Gasteiger charge is -2.00. The largest absolute Gasteiger partial charge is 0.497 e. The molecule has 0 radical (unpaired) electrons. The molecule has 3 heteroatoms. The van der Waals surface area contributed by atoms with Gasteiger partial charge in [0, 0.05) is 5.56 Å². The van der Waals surface area contributed by atoms with Crippen LogP contribution in [0.5, 0.6) is 5.75 Å². The van der Waals surface area contributed by atoms with Crippen LogP contribution in [0.15, 0.2) is 65.3 Å². The lowest BCUT2D eigenvalue weighted by Crippen LogP contribution is -1.94. The van der Waals surface area contributed by atoms with Crippen LogP contribution < -0.4 is 4.74 Å². The molecule has 0 atom stereocenters. The predicted molar refractivity (Wildman–Crippen MR) is 74.2 cm³/mol. The van der Waals surface area contributed by atoms with Crippen molar-refractivity contribution in [2.45, 2.75) is 0 Å². The van der Waals surface area contributed by atoms with Crippen molar-refractivity contribution in [2.75, 3.05) is 7.11 Å². The van der Waals surface area contributed by atoms with Crippen molar-refractivity contribution < 1.29 is 13.9 Å². The number of hydrogen-bond acceptors (Lipinski definition) is 3. The molecule has 0 aliphatic heterocycles. The minimum Gasteiger partial charge on any atom is -0.497 e. The van der Waals surface area contributed by atoms with Crippen molar-refractivity contribution in [2.24, 2.45) is 0 Å². The van der Waals surface area contributed by atoms with E-state index in [1.807, 2.05) is 12.1 Å². The summed E-state index contributed by atoms with van der Waals surface area (Å²) < 4.78 is 10.2. The maximum absolute atomic E-state index is 11.9. The van der Waals surface area contributed by atoms with Gasteiger partial charge in [0.25, 0.3) is 0 Å². The highest BCUT2D eigenvalue weighted by molar-refractivity contribution is 6.04. The first-order chi connectivity index (χ1) is 9.29. The van der Waals surface area contributed by atoms with Crippen LogP contribution in [0.1, 0.15) is 16.1 Å². The minimum absolute atomic E-state index is 0.0667. The standard InChI is InChI=1S/C16H14O3/c1-18-15-8-4-6-13(12-15)16(17)10-3-2-7-14-9-5-11-19-14/h2-12H,1H3/b7-2+,10-3+. The fraction of sp³-hybridized carbons (Fsp3) is 0.0625. The number of carbonyl (C=O) groups excluding carboxylic acids is 1. The molecule has 0 amide bonds. The quantitative estimate of drug-likeness (QED) is 0.463. The third-order valence-corrected chi connectivity index (χ3v) is 2.52. The Kier molecular flexibility index (Phi) is 4.34. The number of carbonyl (C=O) groups is 1. The average molecular weight is 254 g/mol. The Morgan fingerprint density at radius 2 is 2.11 bits per heavy atom. The molecular weight excluding hydrogens is 240 g/mol. The molecular formula is C16H14O3. The van der Waals surface area contributed by atoms with E-state index >= 15 is 0 Å². The van der Waals surface area contributed by atoms with Crippen LogP contribution >= 0.6 is 0 Å². The third-order valence-electron chi connectivity index (χ3n) is 2.52. The Balaban J connectivity index is 2.00. The zero-order chi connectivity index (χ0) is 13.5. The minimum atomic E-state index is -0.0667. The fourth-order valence-corrected chi connectivity index (χ4v) is 1.55. The Labute approximate surface area is 111 Å². The van der Waals surface area contributed by atoms with Gasteiger partial charge in [0.15, 0.2) is 5.78 Å². The summed E-state index contributed by atoms with van der Waals surface area (Å²) in [7, 11) is 1.57. The summed E-state index contributed by atoms with van der Waals surface area (Å²) in [6.45, 7) is 0. The first-order valence-corrected chi connectivity index (χ1v) is 5.86. The van der Waals surface area contributed by atoms with Crippen LogP contribution in [0, 0.1) is 0 Å². The number of hydrogen-bond donors (Lipinski definition) is 0. The lowest BCUT2D eigenvalue weighted by atomic mass is 10.1. The number of ketones is 1. The molecule has 0 aliphatic rings. The summed E-state index contributed by atoms with van der Waals surface area (Å²) in [4.78, 5) is 11.9. The summed E-state index contributed by atoms with van der Waals surface area (Å²) >= 11 is 0. The van der Waals surface area contributed by atoms with Crippen LogP contribution in [-0.4, -0.2) is 12.9 Å². The average Bonchev–Trinajstić information content (AvgIpc) is 2.96. The summed E-state index contributed by atoms with van der Waals surface area (Å²) in [6, 6.07) is 10.7. The number of benzene rings is 1. The van der Waals surface area contributed by atoms with E-state index in [1.54, 1.807) is 55.9 Å². The Morgan fingerprint density at radius 1 is 1.21 bits per heavy atom. The summed E-state index contributed by atoms with van der Waals surface area (Å²) in [6.07, 6.45) is 8.34. The molecule has 2 rings (SSSR count). The molecule has 19 heavy (non-hydrogen) atoms. The molecule has 1 aromatic heterocycles. The maximum atomic E-state index is 11.9. The first-order valence-electron chi connectivity index (χ1n) is 5.86. The maximum Gasteiger partial charge on any atom is 0.185 e. The highest BCUT2D eigenvalue weighted by atomic mass is 16.5. The van der Waals surface area contributed by atoms with Gasteiger partial charge in [0.2, 0.25) is 0 Å². The first kappa shape index (κ1) is 12.9. The van der Waals surface area contributed by atoms with Gasteiger partial charge in [-0.2, -0.15) is 0 Å². The van der Waals surface area contributed by atoms with E-state index in [0.29, 0.717) is 11.3 Å². The molecule has 0 spiro atoms. The highest BCUT2D eigenvalue weighted by Gasteiger charge is 2.01. The van der Waals surface area contributed by atoms with Gasteiger partial charge < -0.3 is 9.15 Å². The van der Waals surface area contributed by atoms with Gasteiger partial charge in [-0.05, 0) is 36.4 Å². The van der Waals surface area contributed by atoms with E-state index in [9.17, 15) is 4.79 Å². The lowest BCUT2D eigenvalue weighted by molar-refractivity contribution is 0.104. The fourth-order valence-electron chi connectivity index (χ4n) is 1.55. The Bertz CT molecular complexity index is 592. The smallest absolute Gasteiger partial charge is 0.185 e. The molecule has 0 bridgehead atoms. The Morgan fingerprint density at radius 3 is 2.84 bits per heavy atom. The van der Waals surface area contributed by atoms with Gasteiger partial charge in [0.1, 0.15) is 11.5 Å². The van der Waals surface area contributed by atoms with Crippen molar-refractivity contribution in [3.63, 3.8) is 0 Å². The molecule has 0 aliphatic carbocycles. The monoisotopic (exact) mass is 254 g/mol. The summed E-state index contributed by atoms with van der Waals surface area (Å²) in [5.41, 5.74) is 0.599. The number of ether oxygens (including phenoxy) is 1. The SMILES string of the molecule is COc1cccc(C(=O)/C=C/C=C/c2ccco2)c1. The molecule has 0 saturated carbocycles. The van der Waals surface area contributed by atoms with Crippen molar-refractivity contribution in [1.82, 2.24) is 0 Å². The normalized spacial score (nSPS) is 11.2. The second-order valence-corrected chi connectivity index (χ2v) is 3.83. The van der Waals surface area contributed by atoms with Crippen LogP contribution in [0.25, 0.3) is 6.08 Å². The Hall–Kier alpha value is -2.55. The van der Waals surface area contributed by atoms with E-state index in [2.05, 4.69) is 0 Å². The predicted octanol–water partition coefficient (Wildman–Crippen LogP) is 3.74. The number of furan rings is 1. The van der Waals surface area contributed by atoms with Crippen LogP contribution in [0.4, 0.5) is 0 Å². The van der Waals surface area contributed by atoms with Gasteiger partial charge in [-0.15, -0.1) is 0 Å². The van der Waals surface area contributed by atoms with E-state index in [0.717, 1.165) is 5.76 Å². The zero-order valence-corrected chi connectivity index (χ0v) is 10.6. The molecule has 2 aromatic rings. The van der Waals surface area contributed by atoms with Crippen LogP contribution in [0.2, 0.25) is 0 Å². The number of methoxy groups -OCH3 is 1. The molecule has 0 saturated heterocycles. The highest BCUT2D eigenvalue weighted by Crippen LogP contribution is 2.13. The zero-order valence-electron chi connectivity index (χ0n) is 10.6. The van der Waals surface area contributed by atoms with E-state index in [-0.39, 0.29) is 5.78 Å². The molecule has 1 aromatic carbocycles. The third kappa shape index (κ3) is 3.71. The van der Waals surface area contributed by atoms with Crippen molar-refractivity contribution in [1.29, 1.82) is 0 Å².